The molecule has 2 heterocycles. The van der Waals surface area contributed by atoms with Crippen molar-refractivity contribution in [3.63, 3.8) is 0 Å². The maximum Gasteiger partial charge on any atom is 0.266 e. The molecule has 0 bridgehead atoms. The van der Waals surface area contributed by atoms with E-state index in [9.17, 15) is 4.79 Å². The van der Waals surface area contributed by atoms with Gasteiger partial charge in [0.1, 0.15) is 15.8 Å². The molecule has 36 heavy (non-hydrogen) atoms. The third kappa shape index (κ3) is 4.98. The van der Waals surface area contributed by atoms with Gasteiger partial charge in [0.15, 0.2) is 0 Å². The van der Waals surface area contributed by atoms with Crippen molar-refractivity contribution >= 4 is 40.3 Å². The molecule has 1 aliphatic rings. The summed E-state index contributed by atoms with van der Waals surface area (Å²) in [4.78, 5) is 15.6. The van der Waals surface area contributed by atoms with Crippen molar-refractivity contribution < 1.29 is 9.53 Å². The number of carbonyl (C=O) groups is 1. The minimum atomic E-state index is -0.0646. The van der Waals surface area contributed by atoms with Crippen molar-refractivity contribution in [3.05, 3.63) is 107 Å². The van der Waals surface area contributed by atoms with Gasteiger partial charge in [-0.3, -0.25) is 9.69 Å². The van der Waals surface area contributed by atoms with Crippen LogP contribution in [0.5, 0.6) is 5.75 Å². The number of thioether (sulfide) groups is 1. The Kier molecular flexibility index (Phi) is 7.02. The van der Waals surface area contributed by atoms with E-state index in [0.717, 1.165) is 40.2 Å². The van der Waals surface area contributed by atoms with Crippen LogP contribution in [0.3, 0.4) is 0 Å². The van der Waals surface area contributed by atoms with Gasteiger partial charge in [0.05, 0.1) is 17.7 Å². The van der Waals surface area contributed by atoms with E-state index >= 15 is 0 Å². The van der Waals surface area contributed by atoms with Gasteiger partial charge in [-0.1, -0.05) is 72.5 Å². The molecule has 1 saturated heterocycles. The first kappa shape index (κ1) is 24.0. The fourth-order valence-corrected chi connectivity index (χ4v) is 5.48. The molecule has 1 amide bonds. The average molecular weight is 512 g/mol. The van der Waals surface area contributed by atoms with E-state index < -0.39 is 0 Å². The van der Waals surface area contributed by atoms with E-state index in [1.54, 1.807) is 12.0 Å². The third-order valence-corrected chi connectivity index (χ3v) is 7.44. The lowest BCUT2D eigenvalue weighted by Crippen LogP contribution is -2.30. The summed E-state index contributed by atoms with van der Waals surface area (Å²) in [6.45, 7) is 2.56. The number of thiocarbonyl (C=S) groups is 1. The third-order valence-electron chi connectivity index (χ3n) is 6.06. The lowest BCUT2D eigenvalue weighted by Gasteiger charge is -2.14. The maximum atomic E-state index is 13.3. The number of rotatable bonds is 7. The second kappa shape index (κ2) is 10.5. The molecule has 0 saturated carbocycles. The van der Waals surface area contributed by atoms with Crippen molar-refractivity contribution in [2.75, 3.05) is 13.7 Å². The van der Waals surface area contributed by atoms with Gasteiger partial charge in [-0.25, -0.2) is 4.68 Å². The first-order valence-electron chi connectivity index (χ1n) is 11.6. The Hall–Kier alpha value is -3.68. The second-order valence-electron chi connectivity index (χ2n) is 8.47. The van der Waals surface area contributed by atoms with E-state index in [4.69, 9.17) is 22.1 Å². The van der Waals surface area contributed by atoms with E-state index in [2.05, 4.69) is 18.2 Å². The molecule has 180 valence electrons. The van der Waals surface area contributed by atoms with Gasteiger partial charge in [-0.2, -0.15) is 5.10 Å². The van der Waals surface area contributed by atoms with Gasteiger partial charge in [0, 0.05) is 23.9 Å². The summed E-state index contributed by atoms with van der Waals surface area (Å²) in [7, 11) is 1.66. The lowest BCUT2D eigenvalue weighted by atomic mass is 10.0. The van der Waals surface area contributed by atoms with Gasteiger partial charge in [-0.05, 0) is 60.9 Å². The van der Waals surface area contributed by atoms with Crippen LogP contribution in [0.2, 0.25) is 0 Å². The van der Waals surface area contributed by atoms with Crippen LogP contribution in [0.25, 0.3) is 23.0 Å². The Labute approximate surface area is 220 Å². The molecule has 3 aromatic carbocycles. The first-order valence-corrected chi connectivity index (χ1v) is 12.9. The Morgan fingerprint density at radius 3 is 2.44 bits per heavy atom. The predicted octanol–water partition coefficient (Wildman–Crippen LogP) is 6.30. The van der Waals surface area contributed by atoms with E-state index in [1.807, 2.05) is 84.5 Å². The van der Waals surface area contributed by atoms with Crippen LogP contribution in [0.4, 0.5) is 0 Å². The monoisotopic (exact) mass is 511 g/mol. The molecular formula is C29H25N3O2S2. The number of hydrogen-bond acceptors (Lipinski definition) is 5. The molecule has 5 rings (SSSR count). The molecule has 7 heteroatoms. The van der Waals surface area contributed by atoms with Crippen LogP contribution < -0.4 is 4.74 Å². The number of benzene rings is 3. The van der Waals surface area contributed by atoms with Crippen LogP contribution in [0, 0.1) is 6.92 Å². The first-order chi connectivity index (χ1) is 17.5. The molecule has 0 atom stereocenters. The van der Waals surface area contributed by atoms with Crippen molar-refractivity contribution in [2.45, 2.75) is 13.3 Å². The summed E-state index contributed by atoms with van der Waals surface area (Å²) in [6, 6.07) is 26.1. The summed E-state index contributed by atoms with van der Waals surface area (Å²) in [5.41, 5.74) is 5.73. The normalized spacial score (nSPS) is 14.6. The molecular weight excluding hydrogens is 486 g/mol. The minimum Gasteiger partial charge on any atom is -0.496 e. The summed E-state index contributed by atoms with van der Waals surface area (Å²) < 4.78 is 7.86. The Morgan fingerprint density at radius 1 is 1.03 bits per heavy atom. The highest BCUT2D eigenvalue weighted by Gasteiger charge is 2.32. The van der Waals surface area contributed by atoms with Gasteiger partial charge < -0.3 is 4.74 Å². The number of methoxy groups -OCH3 is 1. The smallest absolute Gasteiger partial charge is 0.266 e. The van der Waals surface area contributed by atoms with Gasteiger partial charge in [-0.15, -0.1) is 0 Å². The molecule has 0 radical (unpaired) electrons. The highest BCUT2D eigenvalue weighted by atomic mass is 32.2. The van der Waals surface area contributed by atoms with Crippen molar-refractivity contribution in [2.24, 2.45) is 0 Å². The average Bonchev–Trinajstić information content (AvgIpc) is 3.44. The van der Waals surface area contributed by atoms with Gasteiger partial charge >= 0.3 is 0 Å². The number of aryl methyl sites for hydroxylation is 1. The SMILES string of the molecule is COc1ccc(-c2nn(-c3ccccc3)cc2/C=C2\SC(=S)N(CCc3ccccc3)C2=O)cc1C. The number of aromatic nitrogens is 2. The summed E-state index contributed by atoms with van der Waals surface area (Å²) in [6.07, 6.45) is 4.62. The van der Waals surface area contributed by atoms with Crippen molar-refractivity contribution in [1.82, 2.24) is 14.7 Å². The Morgan fingerprint density at radius 2 is 1.75 bits per heavy atom. The molecule has 1 aliphatic heterocycles. The maximum absolute atomic E-state index is 13.3. The molecule has 1 fully saturated rings. The van der Waals surface area contributed by atoms with Crippen LogP contribution in [-0.2, 0) is 11.2 Å². The lowest BCUT2D eigenvalue weighted by molar-refractivity contribution is -0.122. The van der Waals surface area contributed by atoms with Crippen molar-refractivity contribution in [3.8, 4) is 22.7 Å². The molecule has 0 spiro atoms. The topological polar surface area (TPSA) is 47.4 Å². The van der Waals surface area contributed by atoms with Gasteiger partial charge in [0.2, 0.25) is 0 Å². The zero-order valence-corrected chi connectivity index (χ0v) is 21.7. The molecule has 0 N–H and O–H groups in total. The van der Waals surface area contributed by atoms with E-state index in [0.29, 0.717) is 15.8 Å². The fraction of sp³-hybridized carbons (Fsp3) is 0.138. The summed E-state index contributed by atoms with van der Waals surface area (Å²) >= 11 is 6.91. The number of nitrogens with zero attached hydrogens (tertiary/aromatic N) is 3. The summed E-state index contributed by atoms with van der Waals surface area (Å²) in [5.74, 6) is 0.757. The predicted molar refractivity (Wildman–Crippen MR) is 150 cm³/mol. The number of ether oxygens (including phenoxy) is 1. The van der Waals surface area contributed by atoms with E-state index in [1.165, 1.54) is 17.3 Å². The largest absolute Gasteiger partial charge is 0.496 e. The highest BCUT2D eigenvalue weighted by molar-refractivity contribution is 8.26. The molecule has 0 aliphatic carbocycles. The summed E-state index contributed by atoms with van der Waals surface area (Å²) in [5, 5.41) is 4.89. The zero-order chi connectivity index (χ0) is 25.1. The van der Waals surface area contributed by atoms with Crippen LogP contribution in [0.15, 0.2) is 90.0 Å². The highest BCUT2D eigenvalue weighted by Crippen LogP contribution is 2.35. The van der Waals surface area contributed by atoms with Crippen LogP contribution in [0.1, 0.15) is 16.7 Å². The van der Waals surface area contributed by atoms with Crippen molar-refractivity contribution in [1.29, 1.82) is 0 Å². The number of amides is 1. The molecule has 0 unspecified atom stereocenters. The fourth-order valence-electron chi connectivity index (χ4n) is 4.18. The Bertz CT molecular complexity index is 1450. The number of para-hydroxylation sites is 1. The molecule has 4 aromatic rings. The number of hydrogen-bond donors (Lipinski definition) is 0. The standard InChI is InChI=1S/C29H25N3O2S2/c1-20-17-22(13-14-25(20)34-2)27-23(19-32(30-27)24-11-7-4-8-12-24)18-26-28(33)31(29(35)36-26)16-15-21-9-5-3-6-10-21/h3-14,17-19H,15-16H2,1-2H3/b26-18-. The molecule has 1 aromatic heterocycles. The molecule has 5 nitrogen and oxygen atoms in total. The Balaban J connectivity index is 1.49. The van der Waals surface area contributed by atoms with Gasteiger partial charge in [0.25, 0.3) is 5.91 Å². The number of carbonyl (C=O) groups excluding carboxylic acids is 1. The van der Waals surface area contributed by atoms with E-state index in [-0.39, 0.29) is 5.91 Å². The quantitative estimate of drug-likeness (QED) is 0.215. The van der Waals surface area contributed by atoms with Crippen LogP contribution in [-0.4, -0.2) is 38.6 Å². The minimum absolute atomic E-state index is 0.0646. The second-order valence-corrected chi connectivity index (χ2v) is 10.1. The zero-order valence-electron chi connectivity index (χ0n) is 20.0. The van der Waals surface area contributed by atoms with Crippen LogP contribution >= 0.6 is 24.0 Å².